The number of hydrogen-bond acceptors (Lipinski definition) is 5. The predicted molar refractivity (Wildman–Crippen MR) is 65.5 cm³/mol. The zero-order valence-electron chi connectivity index (χ0n) is 8.31. The molecule has 0 amide bonds. The molecule has 0 aliphatic heterocycles. The Morgan fingerprint density at radius 3 is 2.88 bits per heavy atom. The third-order valence-electron chi connectivity index (χ3n) is 1.87. The minimum absolute atomic E-state index is 0.0301. The van der Waals surface area contributed by atoms with Crippen LogP contribution in [0.5, 0.6) is 0 Å². The number of hydrogen-bond donors (Lipinski definition) is 0. The monoisotopic (exact) mass is 270 g/mol. The highest BCUT2D eigenvalue weighted by atomic mass is 35.5. The SMILES string of the molecule is CC(=O)c1ccc(Sc2nncs2)cc1Cl. The molecule has 0 saturated heterocycles. The molecular formula is C10H7ClN2OS2. The Morgan fingerprint density at radius 1 is 1.50 bits per heavy atom. The molecule has 3 nitrogen and oxygen atoms in total. The summed E-state index contributed by atoms with van der Waals surface area (Å²) in [7, 11) is 0. The van der Waals surface area contributed by atoms with Gasteiger partial charge in [0.1, 0.15) is 5.51 Å². The average Bonchev–Trinajstić information content (AvgIpc) is 2.70. The maximum absolute atomic E-state index is 11.2. The van der Waals surface area contributed by atoms with Crippen LogP contribution >= 0.6 is 34.7 Å². The molecule has 82 valence electrons. The lowest BCUT2D eigenvalue weighted by molar-refractivity contribution is 0.101. The molecule has 2 rings (SSSR count). The molecule has 0 radical (unpaired) electrons. The summed E-state index contributed by atoms with van der Waals surface area (Å²) in [5.41, 5.74) is 2.22. The van der Waals surface area contributed by atoms with Crippen molar-refractivity contribution in [3.63, 3.8) is 0 Å². The summed E-state index contributed by atoms with van der Waals surface area (Å²) < 4.78 is 0.853. The first-order valence-corrected chi connectivity index (χ1v) is 6.49. The number of carbonyl (C=O) groups excluding carboxylic acids is 1. The van der Waals surface area contributed by atoms with Crippen LogP contribution in [0, 0.1) is 0 Å². The van der Waals surface area contributed by atoms with Crippen LogP contribution in [0.3, 0.4) is 0 Å². The Bertz CT molecular complexity index is 514. The fourth-order valence-corrected chi connectivity index (χ4v) is 3.02. The molecule has 0 saturated carbocycles. The van der Waals surface area contributed by atoms with E-state index in [-0.39, 0.29) is 5.78 Å². The second-order valence-corrected chi connectivity index (χ2v) is 5.57. The number of Topliss-reactive ketones (excluding diaryl/α,β-unsaturated/α-hetero) is 1. The standard InChI is InChI=1S/C10H7ClN2OS2/c1-6(14)8-3-2-7(4-9(8)11)16-10-13-12-5-15-10/h2-5H,1H3. The summed E-state index contributed by atoms with van der Waals surface area (Å²) in [4.78, 5) is 12.1. The number of rotatable bonds is 3. The van der Waals surface area contributed by atoms with Crippen molar-refractivity contribution < 1.29 is 4.79 Å². The topological polar surface area (TPSA) is 42.9 Å². The van der Waals surface area contributed by atoms with Crippen LogP contribution in [0.25, 0.3) is 0 Å². The van der Waals surface area contributed by atoms with Gasteiger partial charge in [-0.2, -0.15) is 0 Å². The molecule has 1 heterocycles. The largest absolute Gasteiger partial charge is 0.294 e. The van der Waals surface area contributed by atoms with Crippen molar-refractivity contribution in [1.82, 2.24) is 10.2 Å². The summed E-state index contributed by atoms with van der Waals surface area (Å²) in [6.45, 7) is 1.50. The number of benzene rings is 1. The molecule has 2 aromatic rings. The summed E-state index contributed by atoms with van der Waals surface area (Å²) in [5, 5.41) is 8.14. The van der Waals surface area contributed by atoms with Crippen LogP contribution in [-0.4, -0.2) is 16.0 Å². The quantitative estimate of drug-likeness (QED) is 0.800. The van der Waals surface area contributed by atoms with E-state index < -0.39 is 0 Å². The van der Waals surface area contributed by atoms with Gasteiger partial charge in [0.15, 0.2) is 10.1 Å². The first kappa shape index (κ1) is 11.6. The summed E-state index contributed by atoms with van der Waals surface area (Å²) in [5.74, 6) is -0.0301. The second kappa shape index (κ2) is 4.95. The molecule has 0 spiro atoms. The van der Waals surface area contributed by atoms with Gasteiger partial charge in [0.2, 0.25) is 0 Å². The van der Waals surface area contributed by atoms with Crippen LogP contribution in [0.4, 0.5) is 0 Å². The zero-order valence-corrected chi connectivity index (χ0v) is 10.7. The van der Waals surface area contributed by atoms with Crippen molar-refractivity contribution in [3.8, 4) is 0 Å². The highest BCUT2D eigenvalue weighted by Crippen LogP contribution is 2.31. The van der Waals surface area contributed by atoms with Crippen molar-refractivity contribution in [2.24, 2.45) is 0 Å². The maximum Gasteiger partial charge on any atom is 0.178 e. The molecule has 0 fully saturated rings. The minimum Gasteiger partial charge on any atom is -0.294 e. The van der Waals surface area contributed by atoms with Gasteiger partial charge in [0.25, 0.3) is 0 Å². The fraction of sp³-hybridized carbons (Fsp3) is 0.100. The summed E-state index contributed by atoms with van der Waals surface area (Å²) >= 11 is 8.94. The number of nitrogens with zero attached hydrogens (tertiary/aromatic N) is 2. The van der Waals surface area contributed by atoms with Gasteiger partial charge in [-0.25, -0.2) is 0 Å². The lowest BCUT2D eigenvalue weighted by atomic mass is 10.1. The molecule has 1 aromatic carbocycles. The van der Waals surface area contributed by atoms with E-state index in [9.17, 15) is 4.79 Å². The van der Waals surface area contributed by atoms with Gasteiger partial charge in [-0.3, -0.25) is 4.79 Å². The van der Waals surface area contributed by atoms with Gasteiger partial charge in [-0.05, 0) is 25.1 Å². The molecule has 0 aliphatic carbocycles. The van der Waals surface area contributed by atoms with E-state index >= 15 is 0 Å². The molecule has 0 atom stereocenters. The molecule has 1 aromatic heterocycles. The molecule has 0 bridgehead atoms. The van der Waals surface area contributed by atoms with Gasteiger partial charge >= 0.3 is 0 Å². The smallest absolute Gasteiger partial charge is 0.178 e. The van der Waals surface area contributed by atoms with E-state index in [0.717, 1.165) is 9.24 Å². The van der Waals surface area contributed by atoms with Gasteiger partial charge in [0.05, 0.1) is 5.02 Å². The Balaban J connectivity index is 2.24. The maximum atomic E-state index is 11.2. The highest BCUT2D eigenvalue weighted by Gasteiger charge is 2.07. The highest BCUT2D eigenvalue weighted by molar-refractivity contribution is 8.01. The van der Waals surface area contributed by atoms with E-state index in [4.69, 9.17) is 11.6 Å². The van der Waals surface area contributed by atoms with Crippen LogP contribution in [0.1, 0.15) is 17.3 Å². The van der Waals surface area contributed by atoms with Gasteiger partial charge < -0.3 is 0 Å². The lowest BCUT2D eigenvalue weighted by Crippen LogP contribution is -1.92. The number of ketones is 1. The van der Waals surface area contributed by atoms with Crippen molar-refractivity contribution in [3.05, 3.63) is 34.3 Å². The van der Waals surface area contributed by atoms with Gasteiger partial charge in [-0.15, -0.1) is 10.2 Å². The van der Waals surface area contributed by atoms with Gasteiger partial charge in [0, 0.05) is 10.5 Å². The van der Waals surface area contributed by atoms with Crippen molar-refractivity contribution in [2.75, 3.05) is 0 Å². The Hall–Kier alpha value is -0.910. The third-order valence-corrected chi connectivity index (χ3v) is 3.95. The number of aromatic nitrogens is 2. The molecular weight excluding hydrogens is 264 g/mol. The van der Waals surface area contributed by atoms with E-state index in [1.807, 2.05) is 6.07 Å². The van der Waals surface area contributed by atoms with Crippen molar-refractivity contribution >= 4 is 40.5 Å². The third kappa shape index (κ3) is 2.61. The first-order chi connectivity index (χ1) is 7.66. The van der Waals surface area contributed by atoms with E-state index in [2.05, 4.69) is 10.2 Å². The summed E-state index contributed by atoms with van der Waals surface area (Å²) in [6.07, 6.45) is 0. The molecule has 0 unspecified atom stereocenters. The predicted octanol–water partition coefficient (Wildman–Crippen LogP) is 3.55. The van der Waals surface area contributed by atoms with Crippen LogP contribution in [0.2, 0.25) is 5.02 Å². The Labute approximate surface area is 106 Å². The fourth-order valence-electron chi connectivity index (χ4n) is 1.15. The molecule has 0 aliphatic rings. The van der Waals surface area contributed by atoms with Crippen molar-refractivity contribution in [2.45, 2.75) is 16.2 Å². The lowest BCUT2D eigenvalue weighted by Gasteiger charge is -2.02. The zero-order chi connectivity index (χ0) is 11.5. The average molecular weight is 271 g/mol. The van der Waals surface area contributed by atoms with E-state index in [1.54, 1.807) is 17.6 Å². The van der Waals surface area contributed by atoms with Crippen LogP contribution in [0.15, 0.2) is 32.9 Å². The summed E-state index contributed by atoms with van der Waals surface area (Å²) in [6, 6.07) is 5.35. The molecule has 0 N–H and O–H groups in total. The number of halogens is 1. The van der Waals surface area contributed by atoms with Crippen LogP contribution in [-0.2, 0) is 0 Å². The normalized spacial score (nSPS) is 10.4. The number of carbonyl (C=O) groups is 1. The van der Waals surface area contributed by atoms with Crippen molar-refractivity contribution in [1.29, 1.82) is 0 Å². The minimum atomic E-state index is -0.0301. The van der Waals surface area contributed by atoms with Crippen LogP contribution < -0.4 is 0 Å². The molecule has 6 heteroatoms. The second-order valence-electron chi connectivity index (χ2n) is 3.00. The van der Waals surface area contributed by atoms with E-state index in [1.165, 1.54) is 30.0 Å². The van der Waals surface area contributed by atoms with E-state index in [0.29, 0.717) is 10.6 Å². The Kier molecular flexibility index (Phi) is 3.58. The van der Waals surface area contributed by atoms with Gasteiger partial charge in [-0.1, -0.05) is 34.7 Å². The Morgan fingerprint density at radius 2 is 2.31 bits per heavy atom. The first-order valence-electron chi connectivity index (χ1n) is 4.41. The molecule has 16 heavy (non-hydrogen) atoms.